The van der Waals surface area contributed by atoms with Crippen LogP contribution in [-0.2, 0) is 16.2 Å². The van der Waals surface area contributed by atoms with Crippen LogP contribution in [0.4, 0.5) is 5.69 Å². The minimum atomic E-state index is -0.511. The summed E-state index contributed by atoms with van der Waals surface area (Å²) in [5.41, 5.74) is 3.41. The lowest BCUT2D eigenvalue weighted by Crippen LogP contribution is -2.54. The molecule has 1 saturated heterocycles. The molecule has 1 fully saturated rings. The molecule has 0 saturated carbocycles. The summed E-state index contributed by atoms with van der Waals surface area (Å²) in [7, 11) is 0. The van der Waals surface area contributed by atoms with Crippen molar-refractivity contribution in [2.24, 2.45) is 0 Å². The Bertz CT molecular complexity index is 1220. The minimum Gasteiger partial charge on any atom is -0.489 e. The number of thiocarbonyl (C=S) groups is 1. The molecule has 1 aliphatic rings. The van der Waals surface area contributed by atoms with Crippen LogP contribution >= 0.6 is 34.8 Å². The van der Waals surface area contributed by atoms with Gasteiger partial charge in [0.1, 0.15) is 17.9 Å². The predicted molar refractivity (Wildman–Crippen MR) is 137 cm³/mol. The van der Waals surface area contributed by atoms with Gasteiger partial charge in [0.15, 0.2) is 5.11 Å². The van der Waals surface area contributed by atoms with E-state index in [0.717, 1.165) is 11.1 Å². The van der Waals surface area contributed by atoms with Gasteiger partial charge in [-0.1, -0.05) is 36.4 Å². The van der Waals surface area contributed by atoms with Gasteiger partial charge in [-0.2, -0.15) is 0 Å². The molecule has 0 aromatic heterocycles. The third-order valence-corrected chi connectivity index (χ3v) is 5.88. The molecular weight excluding hydrogens is 535 g/mol. The van der Waals surface area contributed by atoms with Crippen molar-refractivity contribution in [3.8, 4) is 5.75 Å². The van der Waals surface area contributed by atoms with E-state index in [1.54, 1.807) is 24.3 Å². The number of anilines is 1. The largest absolute Gasteiger partial charge is 0.489 e. The van der Waals surface area contributed by atoms with Crippen LogP contribution in [0.5, 0.6) is 5.75 Å². The highest BCUT2D eigenvalue weighted by atomic mass is 127. The molecule has 2 amide bonds. The summed E-state index contributed by atoms with van der Waals surface area (Å²) >= 11 is 7.51. The van der Waals surface area contributed by atoms with Gasteiger partial charge in [-0.3, -0.25) is 19.8 Å². The van der Waals surface area contributed by atoms with Crippen LogP contribution in [-0.4, -0.2) is 16.9 Å². The van der Waals surface area contributed by atoms with Gasteiger partial charge in [-0.15, -0.1) is 0 Å². The molecule has 4 rings (SSSR count). The second kappa shape index (κ2) is 9.62. The van der Waals surface area contributed by atoms with Crippen molar-refractivity contribution in [1.29, 1.82) is 0 Å². The second-order valence-electron chi connectivity index (χ2n) is 7.28. The average Bonchev–Trinajstić information content (AvgIpc) is 2.77. The summed E-state index contributed by atoms with van der Waals surface area (Å²) in [4.78, 5) is 26.9. The van der Waals surface area contributed by atoms with Crippen LogP contribution < -0.4 is 15.0 Å². The molecule has 3 aromatic rings. The maximum absolute atomic E-state index is 13.1. The fourth-order valence-corrected chi connectivity index (χ4v) is 3.87. The highest BCUT2D eigenvalue weighted by Crippen LogP contribution is 2.23. The van der Waals surface area contributed by atoms with Crippen LogP contribution in [0.15, 0.2) is 78.4 Å². The molecule has 7 heteroatoms. The molecule has 0 radical (unpaired) electrons. The van der Waals surface area contributed by atoms with E-state index >= 15 is 0 Å². The molecule has 1 heterocycles. The van der Waals surface area contributed by atoms with Gasteiger partial charge in [0.05, 0.1) is 5.69 Å². The number of benzene rings is 3. The normalized spacial score (nSPS) is 15.1. The quantitative estimate of drug-likeness (QED) is 0.209. The summed E-state index contributed by atoms with van der Waals surface area (Å²) in [6, 6.07) is 22.8. The third kappa shape index (κ3) is 5.05. The number of amides is 2. The number of aryl methyl sites for hydroxylation is 1. The smallest absolute Gasteiger partial charge is 0.270 e. The van der Waals surface area contributed by atoms with E-state index in [-0.39, 0.29) is 10.7 Å². The first-order chi connectivity index (χ1) is 15.4. The number of carbonyl (C=O) groups excluding carboxylic acids is 2. The Morgan fingerprint density at radius 1 is 1.03 bits per heavy atom. The van der Waals surface area contributed by atoms with Crippen LogP contribution in [0.25, 0.3) is 6.08 Å². The zero-order valence-corrected chi connectivity index (χ0v) is 20.1. The highest BCUT2D eigenvalue weighted by Gasteiger charge is 2.34. The Balaban J connectivity index is 1.51. The van der Waals surface area contributed by atoms with Gasteiger partial charge in [-0.05, 0) is 101 Å². The molecule has 3 aromatic carbocycles. The number of hydrogen-bond donors (Lipinski definition) is 1. The van der Waals surface area contributed by atoms with Crippen LogP contribution in [0.3, 0.4) is 0 Å². The van der Waals surface area contributed by atoms with Crippen molar-refractivity contribution in [3.63, 3.8) is 0 Å². The van der Waals surface area contributed by atoms with Crippen molar-refractivity contribution in [2.75, 3.05) is 4.90 Å². The summed E-state index contributed by atoms with van der Waals surface area (Å²) in [5, 5.41) is 2.68. The van der Waals surface area contributed by atoms with Crippen molar-refractivity contribution in [1.82, 2.24) is 5.32 Å². The van der Waals surface area contributed by atoms with E-state index in [1.807, 2.05) is 61.5 Å². The van der Waals surface area contributed by atoms with E-state index in [4.69, 9.17) is 17.0 Å². The predicted octanol–water partition coefficient (Wildman–Crippen LogP) is 5.01. The Kier molecular flexibility index (Phi) is 6.66. The molecule has 32 heavy (non-hydrogen) atoms. The van der Waals surface area contributed by atoms with Crippen molar-refractivity contribution in [2.45, 2.75) is 13.5 Å². The number of nitrogens with zero attached hydrogens (tertiary/aromatic N) is 1. The first-order valence-corrected chi connectivity index (χ1v) is 11.3. The van der Waals surface area contributed by atoms with Gasteiger partial charge < -0.3 is 4.74 Å². The number of hydrogen-bond acceptors (Lipinski definition) is 4. The Morgan fingerprint density at radius 3 is 2.44 bits per heavy atom. The second-order valence-corrected chi connectivity index (χ2v) is 8.91. The van der Waals surface area contributed by atoms with Crippen molar-refractivity contribution in [3.05, 3.63) is 98.6 Å². The zero-order valence-electron chi connectivity index (χ0n) is 17.2. The highest BCUT2D eigenvalue weighted by molar-refractivity contribution is 14.1. The number of ether oxygens (including phenoxy) is 1. The standard InChI is InChI=1S/C25H19IN2O3S/c1-16-3-2-4-20(13-16)28-24(30)22(23(29)27-25(28)32)14-17-7-11-21(12-8-17)31-15-18-5-9-19(26)10-6-18/h2-14H,15H2,1H3,(H,27,29,32)/b22-14+. The molecule has 0 aliphatic carbocycles. The molecule has 0 atom stereocenters. The Hall–Kier alpha value is -3.04. The number of halogens is 1. The van der Waals surface area contributed by atoms with Gasteiger partial charge >= 0.3 is 0 Å². The van der Waals surface area contributed by atoms with E-state index in [1.165, 1.54) is 8.47 Å². The molecule has 5 nitrogen and oxygen atoms in total. The zero-order chi connectivity index (χ0) is 22.7. The lowest BCUT2D eigenvalue weighted by Gasteiger charge is -2.29. The van der Waals surface area contributed by atoms with Gasteiger partial charge in [0.2, 0.25) is 0 Å². The maximum atomic E-state index is 13.1. The maximum Gasteiger partial charge on any atom is 0.270 e. The van der Waals surface area contributed by atoms with Crippen molar-refractivity contribution >= 4 is 63.5 Å². The van der Waals surface area contributed by atoms with Crippen LogP contribution in [0.2, 0.25) is 0 Å². The number of nitrogens with one attached hydrogen (secondary N) is 1. The van der Waals surface area contributed by atoms with E-state index in [0.29, 0.717) is 23.6 Å². The van der Waals surface area contributed by atoms with Gasteiger partial charge in [0.25, 0.3) is 11.8 Å². The molecule has 0 spiro atoms. The first-order valence-electron chi connectivity index (χ1n) is 9.86. The SMILES string of the molecule is Cc1cccc(N2C(=O)/C(=C/c3ccc(OCc4ccc(I)cc4)cc3)C(=O)NC2=S)c1. The van der Waals surface area contributed by atoms with Crippen LogP contribution in [0.1, 0.15) is 16.7 Å². The topological polar surface area (TPSA) is 58.6 Å². The van der Waals surface area contributed by atoms with Crippen molar-refractivity contribution < 1.29 is 14.3 Å². The van der Waals surface area contributed by atoms with E-state index < -0.39 is 11.8 Å². The van der Waals surface area contributed by atoms with E-state index in [2.05, 4.69) is 27.9 Å². The molecule has 0 bridgehead atoms. The fraction of sp³-hybridized carbons (Fsp3) is 0.0800. The van der Waals surface area contributed by atoms with Crippen LogP contribution in [0, 0.1) is 10.5 Å². The third-order valence-electron chi connectivity index (χ3n) is 4.87. The van der Waals surface area contributed by atoms with Gasteiger partial charge in [-0.25, -0.2) is 0 Å². The summed E-state index contributed by atoms with van der Waals surface area (Å²) in [6.45, 7) is 2.39. The number of rotatable bonds is 5. The summed E-state index contributed by atoms with van der Waals surface area (Å²) in [6.07, 6.45) is 1.56. The monoisotopic (exact) mass is 554 g/mol. The Morgan fingerprint density at radius 2 is 1.75 bits per heavy atom. The number of carbonyl (C=O) groups is 2. The summed E-state index contributed by atoms with van der Waals surface area (Å²) < 4.78 is 7.00. The summed E-state index contributed by atoms with van der Waals surface area (Å²) in [5.74, 6) is -0.265. The molecular formula is C25H19IN2O3S. The van der Waals surface area contributed by atoms with Gasteiger partial charge in [0, 0.05) is 3.57 Å². The first kappa shape index (κ1) is 22.2. The molecule has 0 unspecified atom stereocenters. The Labute approximate surface area is 205 Å². The lowest BCUT2D eigenvalue weighted by atomic mass is 10.1. The molecule has 1 N–H and O–H groups in total. The van der Waals surface area contributed by atoms with E-state index in [9.17, 15) is 9.59 Å². The molecule has 160 valence electrons. The molecule has 1 aliphatic heterocycles. The average molecular weight is 554 g/mol. The minimum absolute atomic E-state index is 0.0210. The lowest BCUT2D eigenvalue weighted by molar-refractivity contribution is -0.122. The fourth-order valence-electron chi connectivity index (χ4n) is 3.23.